The van der Waals surface area contributed by atoms with Gasteiger partial charge >= 0.3 is 14.0 Å². The molecule has 0 aromatic rings. The molecule has 0 radical (unpaired) electrons. The highest BCUT2D eigenvalue weighted by atomic mass is 31.1. The van der Waals surface area contributed by atoms with E-state index in [2.05, 4.69) is 4.74 Å². The van der Waals surface area contributed by atoms with Crippen molar-refractivity contribution >= 4 is 14.0 Å². The maximum absolute atomic E-state index is 10.4. The van der Waals surface area contributed by atoms with Gasteiger partial charge in [0.15, 0.2) is 0 Å². The minimum Gasteiger partial charge on any atom is -0.593 e. The second-order valence-corrected chi connectivity index (χ2v) is 2.77. The molecule has 0 fully saturated rings. The van der Waals surface area contributed by atoms with Gasteiger partial charge in [-0.3, -0.25) is 0 Å². The monoisotopic (exact) mass is 182 g/mol. The van der Waals surface area contributed by atoms with E-state index in [0.717, 1.165) is 7.11 Å². The van der Waals surface area contributed by atoms with Crippen molar-refractivity contribution in [2.45, 2.75) is 11.9 Å². The number of esters is 1. The molecule has 3 unspecified atom stereocenters. The summed E-state index contributed by atoms with van der Waals surface area (Å²) in [5.74, 6) is -3.28. The van der Waals surface area contributed by atoms with Crippen molar-refractivity contribution in [3.05, 3.63) is 0 Å². The Hall–Kier alpha value is -0.550. The number of hydrogen-bond acceptors (Lipinski definition) is 6. The molecular formula is C4H7O6P. The quantitative estimate of drug-likeness (QED) is 0.384. The first kappa shape index (κ1) is 10.4. The average molecular weight is 182 g/mol. The van der Waals surface area contributed by atoms with E-state index in [1.165, 1.54) is 0 Å². The number of carbonyl (C=O) groups is 1. The van der Waals surface area contributed by atoms with Crippen LogP contribution in [0.4, 0.5) is 0 Å². The van der Waals surface area contributed by atoms with E-state index in [1.807, 2.05) is 0 Å². The zero-order valence-corrected chi connectivity index (χ0v) is 6.52. The van der Waals surface area contributed by atoms with Gasteiger partial charge in [0.25, 0.3) is 5.85 Å². The SMILES string of the molecule is COC(=O)C(O)C(O)[P+](=O)[O-]. The lowest BCUT2D eigenvalue weighted by atomic mass is 10.4. The second-order valence-electron chi connectivity index (χ2n) is 1.67. The number of rotatable bonds is 3. The van der Waals surface area contributed by atoms with Crippen molar-refractivity contribution in [3.63, 3.8) is 0 Å². The van der Waals surface area contributed by atoms with Crippen LogP contribution in [0, 0.1) is 0 Å². The maximum Gasteiger partial charge on any atom is 0.344 e. The summed E-state index contributed by atoms with van der Waals surface area (Å²) < 4.78 is 13.9. The highest BCUT2D eigenvalue weighted by Gasteiger charge is 2.34. The molecule has 0 rings (SSSR count). The van der Waals surface area contributed by atoms with E-state index in [9.17, 15) is 14.3 Å². The Morgan fingerprint density at radius 3 is 2.36 bits per heavy atom. The van der Waals surface area contributed by atoms with Gasteiger partial charge in [-0.15, -0.1) is 0 Å². The first-order chi connectivity index (χ1) is 5.00. The Kier molecular flexibility index (Phi) is 4.14. The number of carbonyl (C=O) groups excluding carboxylic acids is 1. The number of aliphatic hydroxyl groups is 2. The van der Waals surface area contributed by atoms with E-state index in [0.29, 0.717) is 0 Å². The lowest BCUT2D eigenvalue weighted by molar-refractivity contribution is -0.180. The van der Waals surface area contributed by atoms with Gasteiger partial charge < -0.3 is 19.8 Å². The third-order valence-corrected chi connectivity index (χ3v) is 1.66. The Morgan fingerprint density at radius 2 is 2.09 bits per heavy atom. The molecule has 0 aliphatic heterocycles. The van der Waals surface area contributed by atoms with E-state index >= 15 is 0 Å². The van der Waals surface area contributed by atoms with Crippen LogP contribution >= 0.6 is 8.03 Å². The molecule has 11 heavy (non-hydrogen) atoms. The third kappa shape index (κ3) is 2.90. The molecule has 64 valence electrons. The normalized spacial score (nSPS) is 16.9. The van der Waals surface area contributed by atoms with Crippen molar-refractivity contribution in [1.82, 2.24) is 0 Å². The zero-order valence-electron chi connectivity index (χ0n) is 5.63. The lowest BCUT2D eigenvalue weighted by Crippen LogP contribution is -2.34. The molecule has 0 aromatic heterocycles. The molecule has 0 amide bonds. The predicted molar refractivity (Wildman–Crippen MR) is 31.6 cm³/mol. The van der Waals surface area contributed by atoms with E-state index < -0.39 is 25.9 Å². The summed E-state index contributed by atoms with van der Waals surface area (Å²) >= 11 is 0. The Labute approximate surface area is 63.3 Å². The van der Waals surface area contributed by atoms with Crippen molar-refractivity contribution in [3.8, 4) is 0 Å². The van der Waals surface area contributed by atoms with Crippen LogP contribution in [0.3, 0.4) is 0 Å². The van der Waals surface area contributed by atoms with Crippen molar-refractivity contribution < 1.29 is 29.2 Å². The van der Waals surface area contributed by atoms with Crippen molar-refractivity contribution in [2.24, 2.45) is 0 Å². The summed E-state index contributed by atoms with van der Waals surface area (Å²) in [5, 5.41) is 17.2. The Bertz CT molecular complexity index is 168. The molecular weight excluding hydrogens is 175 g/mol. The van der Waals surface area contributed by atoms with Gasteiger partial charge in [0, 0.05) is 0 Å². The fourth-order valence-electron chi connectivity index (χ4n) is 0.358. The molecule has 0 bridgehead atoms. The molecule has 6 nitrogen and oxygen atoms in total. The Balaban J connectivity index is 4.12. The third-order valence-electron chi connectivity index (χ3n) is 0.941. The molecule has 0 aliphatic rings. The largest absolute Gasteiger partial charge is 0.593 e. The smallest absolute Gasteiger partial charge is 0.344 e. The molecule has 0 saturated heterocycles. The van der Waals surface area contributed by atoms with Gasteiger partial charge in [-0.05, 0) is 0 Å². The van der Waals surface area contributed by atoms with Crippen LogP contribution in [0.2, 0.25) is 0 Å². The van der Waals surface area contributed by atoms with Crippen LogP contribution < -0.4 is 4.89 Å². The standard InChI is InChI=1S/C4H7O6P/c1-10-3(6)2(5)4(7)11(8)9/h2,4-5,7H,1H3. The molecule has 0 aromatic carbocycles. The van der Waals surface area contributed by atoms with Gasteiger partial charge in [-0.2, -0.15) is 0 Å². The van der Waals surface area contributed by atoms with Crippen LogP contribution in [0.15, 0.2) is 0 Å². The van der Waals surface area contributed by atoms with Crippen LogP contribution in [-0.2, 0) is 14.1 Å². The number of methoxy groups -OCH3 is 1. The predicted octanol–water partition coefficient (Wildman–Crippen LogP) is -2.06. The van der Waals surface area contributed by atoms with Gasteiger partial charge in [0.05, 0.1) is 7.11 Å². The van der Waals surface area contributed by atoms with Crippen LogP contribution in [-0.4, -0.2) is 35.2 Å². The molecule has 0 heterocycles. The molecule has 0 aliphatic carbocycles. The molecule has 2 N–H and O–H groups in total. The topological polar surface area (TPSA) is 107 Å². The van der Waals surface area contributed by atoms with E-state index in [1.54, 1.807) is 0 Å². The fraction of sp³-hybridized carbons (Fsp3) is 0.750. The minimum absolute atomic E-state index is 0.968. The summed E-state index contributed by atoms with van der Waals surface area (Å²) in [6.07, 6.45) is -2.03. The average Bonchev–Trinajstić information content (AvgIpc) is 2.00. The zero-order chi connectivity index (χ0) is 9.02. The Morgan fingerprint density at radius 1 is 1.64 bits per heavy atom. The maximum atomic E-state index is 10.4. The van der Waals surface area contributed by atoms with Gasteiger partial charge in [0.1, 0.15) is 0 Å². The molecule has 7 heteroatoms. The highest BCUT2D eigenvalue weighted by Crippen LogP contribution is 2.18. The van der Waals surface area contributed by atoms with Crippen LogP contribution in [0.5, 0.6) is 0 Å². The number of aliphatic hydroxyl groups excluding tert-OH is 2. The van der Waals surface area contributed by atoms with Crippen molar-refractivity contribution in [1.29, 1.82) is 0 Å². The minimum atomic E-state index is -3.23. The first-order valence-electron chi connectivity index (χ1n) is 2.58. The summed E-state index contributed by atoms with van der Waals surface area (Å²) in [7, 11) is -2.27. The molecule has 0 spiro atoms. The molecule has 0 saturated carbocycles. The van der Waals surface area contributed by atoms with Gasteiger partial charge in [-0.25, -0.2) is 4.79 Å². The summed E-state index contributed by atoms with van der Waals surface area (Å²) in [6, 6.07) is 0. The number of hydrogen-bond donors (Lipinski definition) is 2. The van der Waals surface area contributed by atoms with E-state index in [-0.39, 0.29) is 0 Å². The van der Waals surface area contributed by atoms with E-state index in [4.69, 9.17) is 10.2 Å². The molecule has 3 atom stereocenters. The van der Waals surface area contributed by atoms with Gasteiger partial charge in [-0.1, -0.05) is 4.57 Å². The summed E-state index contributed by atoms with van der Waals surface area (Å²) in [5.41, 5.74) is 0. The first-order valence-corrected chi connectivity index (χ1v) is 3.82. The van der Waals surface area contributed by atoms with Crippen molar-refractivity contribution in [2.75, 3.05) is 7.11 Å². The summed E-state index contributed by atoms with van der Waals surface area (Å²) in [4.78, 5) is 20.3. The lowest BCUT2D eigenvalue weighted by Gasteiger charge is -2.07. The van der Waals surface area contributed by atoms with Crippen LogP contribution in [0.1, 0.15) is 0 Å². The fourth-order valence-corrected chi connectivity index (χ4v) is 0.710. The summed E-state index contributed by atoms with van der Waals surface area (Å²) in [6.45, 7) is 0. The van der Waals surface area contributed by atoms with Crippen LogP contribution in [0.25, 0.3) is 0 Å². The van der Waals surface area contributed by atoms with Gasteiger partial charge in [0.2, 0.25) is 6.10 Å². The second kappa shape index (κ2) is 4.35. The highest BCUT2D eigenvalue weighted by molar-refractivity contribution is 7.37. The number of ether oxygens (including phenoxy) is 1.